The smallest absolute Gasteiger partial charge is 0.188 e. The molecule has 2 aromatic carbocycles. The fourth-order valence-electron chi connectivity index (χ4n) is 1.99. The second-order valence-corrected chi connectivity index (χ2v) is 6.51. The number of nitrogens with zero attached hydrogens (tertiary/aromatic N) is 1. The van der Waals surface area contributed by atoms with Crippen LogP contribution >= 0.6 is 27.3 Å². The molecule has 3 aromatic rings. The molecular formula is C17H14BrNO2S. The van der Waals surface area contributed by atoms with Gasteiger partial charge in [0.2, 0.25) is 0 Å². The highest BCUT2D eigenvalue weighted by molar-refractivity contribution is 9.10. The van der Waals surface area contributed by atoms with Crippen molar-refractivity contribution in [3.8, 4) is 5.75 Å². The first-order chi connectivity index (χ1) is 10.8. The summed E-state index contributed by atoms with van der Waals surface area (Å²) in [5.41, 5.74) is 2.12. The number of thiazole rings is 1. The number of methoxy groups -OCH3 is 1. The standard InChI is InChI=1S/C17H14BrNO2S/c1-20-11-21-15-8-6-12(10-13(15)18)7-9-17-19-14-4-2-3-5-16(14)22-17/h2-10H,11H2,1H3. The Morgan fingerprint density at radius 3 is 2.82 bits per heavy atom. The molecule has 0 spiro atoms. The average molecular weight is 376 g/mol. The number of halogens is 1. The molecule has 3 rings (SSSR count). The van der Waals surface area contributed by atoms with Gasteiger partial charge in [0.25, 0.3) is 0 Å². The molecule has 3 nitrogen and oxygen atoms in total. The number of ether oxygens (including phenoxy) is 2. The summed E-state index contributed by atoms with van der Waals surface area (Å²) < 4.78 is 12.4. The van der Waals surface area contributed by atoms with Crippen LogP contribution in [0.1, 0.15) is 10.6 Å². The van der Waals surface area contributed by atoms with E-state index in [2.05, 4.69) is 27.0 Å². The maximum absolute atomic E-state index is 5.44. The summed E-state index contributed by atoms with van der Waals surface area (Å²) in [5.74, 6) is 0.763. The van der Waals surface area contributed by atoms with Crippen molar-refractivity contribution in [2.24, 2.45) is 0 Å². The van der Waals surface area contributed by atoms with E-state index in [1.54, 1.807) is 18.4 Å². The lowest BCUT2D eigenvalue weighted by Crippen LogP contribution is -1.99. The molecule has 0 aliphatic heterocycles. The number of benzene rings is 2. The van der Waals surface area contributed by atoms with Gasteiger partial charge in [-0.3, -0.25) is 0 Å². The number of aromatic nitrogens is 1. The van der Waals surface area contributed by atoms with Gasteiger partial charge >= 0.3 is 0 Å². The first kappa shape index (κ1) is 15.2. The lowest BCUT2D eigenvalue weighted by Gasteiger charge is -2.07. The van der Waals surface area contributed by atoms with Gasteiger partial charge in [0.15, 0.2) is 6.79 Å². The van der Waals surface area contributed by atoms with Crippen LogP contribution in [-0.4, -0.2) is 18.9 Å². The molecule has 0 atom stereocenters. The van der Waals surface area contributed by atoms with E-state index in [-0.39, 0.29) is 6.79 Å². The third kappa shape index (κ3) is 3.55. The topological polar surface area (TPSA) is 31.4 Å². The van der Waals surface area contributed by atoms with E-state index in [9.17, 15) is 0 Å². The third-order valence-corrected chi connectivity index (χ3v) is 4.64. The number of para-hydroxylation sites is 1. The zero-order chi connectivity index (χ0) is 15.4. The highest BCUT2D eigenvalue weighted by atomic mass is 79.9. The van der Waals surface area contributed by atoms with Crippen LogP contribution in [0.4, 0.5) is 0 Å². The van der Waals surface area contributed by atoms with E-state index in [0.29, 0.717) is 0 Å². The third-order valence-electron chi connectivity index (χ3n) is 3.02. The zero-order valence-electron chi connectivity index (χ0n) is 12.0. The minimum absolute atomic E-state index is 0.236. The normalized spacial score (nSPS) is 11.4. The molecule has 112 valence electrons. The maximum Gasteiger partial charge on any atom is 0.188 e. The molecule has 0 bridgehead atoms. The van der Waals surface area contributed by atoms with Crippen molar-refractivity contribution in [1.29, 1.82) is 0 Å². The summed E-state index contributed by atoms with van der Waals surface area (Å²) in [7, 11) is 1.60. The van der Waals surface area contributed by atoms with Crippen LogP contribution in [-0.2, 0) is 4.74 Å². The zero-order valence-corrected chi connectivity index (χ0v) is 14.4. The Morgan fingerprint density at radius 1 is 1.18 bits per heavy atom. The monoisotopic (exact) mass is 375 g/mol. The molecule has 0 aliphatic rings. The lowest BCUT2D eigenvalue weighted by atomic mass is 10.2. The molecule has 22 heavy (non-hydrogen) atoms. The lowest BCUT2D eigenvalue weighted by molar-refractivity contribution is 0.0506. The van der Waals surface area contributed by atoms with Gasteiger partial charge in [0.05, 0.1) is 14.7 Å². The van der Waals surface area contributed by atoms with Gasteiger partial charge < -0.3 is 9.47 Å². The number of fused-ring (bicyclic) bond motifs is 1. The Balaban J connectivity index is 1.78. The maximum atomic E-state index is 5.44. The van der Waals surface area contributed by atoms with Crippen LogP contribution in [0.2, 0.25) is 0 Å². The van der Waals surface area contributed by atoms with Crippen LogP contribution in [0, 0.1) is 0 Å². The molecule has 5 heteroatoms. The van der Waals surface area contributed by atoms with Crippen molar-refractivity contribution in [1.82, 2.24) is 4.98 Å². The summed E-state index contributed by atoms with van der Waals surface area (Å²) >= 11 is 5.19. The van der Waals surface area contributed by atoms with Crippen LogP contribution < -0.4 is 4.74 Å². The van der Waals surface area contributed by atoms with Crippen molar-refractivity contribution in [2.75, 3.05) is 13.9 Å². The van der Waals surface area contributed by atoms with E-state index >= 15 is 0 Å². The Labute approximate surface area is 141 Å². The molecule has 0 fully saturated rings. The van der Waals surface area contributed by atoms with Gasteiger partial charge in [0, 0.05) is 7.11 Å². The highest BCUT2D eigenvalue weighted by Gasteiger charge is 2.02. The molecule has 1 heterocycles. The van der Waals surface area contributed by atoms with Gasteiger partial charge in [-0.2, -0.15) is 0 Å². The molecule has 0 saturated heterocycles. The SMILES string of the molecule is COCOc1ccc(C=Cc2nc3ccccc3s2)cc1Br. The minimum Gasteiger partial charge on any atom is -0.466 e. The fourth-order valence-corrected chi connectivity index (χ4v) is 3.37. The van der Waals surface area contributed by atoms with Crippen LogP contribution in [0.5, 0.6) is 5.75 Å². The van der Waals surface area contributed by atoms with Gasteiger partial charge in [-0.05, 0) is 51.8 Å². The second kappa shape index (κ2) is 7.05. The van der Waals surface area contributed by atoms with Crippen LogP contribution in [0.25, 0.3) is 22.4 Å². The summed E-state index contributed by atoms with van der Waals surface area (Å²) in [6, 6.07) is 14.1. The van der Waals surface area contributed by atoms with Crippen molar-refractivity contribution >= 4 is 49.6 Å². The predicted octanol–water partition coefficient (Wildman–Crippen LogP) is 5.21. The van der Waals surface area contributed by atoms with Crippen molar-refractivity contribution in [3.63, 3.8) is 0 Å². The number of rotatable bonds is 5. The first-order valence-electron chi connectivity index (χ1n) is 6.71. The summed E-state index contributed by atoms with van der Waals surface area (Å²) in [6.45, 7) is 0.236. The summed E-state index contributed by atoms with van der Waals surface area (Å²) in [4.78, 5) is 4.59. The Kier molecular flexibility index (Phi) is 4.87. The largest absolute Gasteiger partial charge is 0.466 e. The Bertz CT molecular complexity index is 780. The fraction of sp³-hybridized carbons (Fsp3) is 0.118. The van der Waals surface area contributed by atoms with Gasteiger partial charge in [-0.25, -0.2) is 4.98 Å². The second-order valence-electron chi connectivity index (χ2n) is 4.59. The number of hydrogen-bond acceptors (Lipinski definition) is 4. The van der Waals surface area contributed by atoms with Crippen molar-refractivity contribution < 1.29 is 9.47 Å². The molecule has 0 saturated carbocycles. The molecule has 0 N–H and O–H groups in total. The van der Waals surface area contributed by atoms with Gasteiger partial charge in [0.1, 0.15) is 10.8 Å². The predicted molar refractivity (Wildman–Crippen MR) is 95.2 cm³/mol. The molecule has 0 unspecified atom stereocenters. The van der Waals surface area contributed by atoms with E-state index < -0.39 is 0 Å². The van der Waals surface area contributed by atoms with E-state index in [1.165, 1.54) is 4.70 Å². The summed E-state index contributed by atoms with van der Waals surface area (Å²) in [6.07, 6.45) is 4.07. The molecule has 0 amide bonds. The molecule has 0 radical (unpaired) electrons. The van der Waals surface area contributed by atoms with Crippen LogP contribution in [0.3, 0.4) is 0 Å². The Hall–Kier alpha value is -1.69. The number of hydrogen-bond donors (Lipinski definition) is 0. The Morgan fingerprint density at radius 2 is 2.05 bits per heavy atom. The van der Waals surface area contributed by atoms with Crippen molar-refractivity contribution in [3.05, 3.63) is 57.5 Å². The minimum atomic E-state index is 0.236. The first-order valence-corrected chi connectivity index (χ1v) is 8.32. The van der Waals surface area contributed by atoms with Crippen molar-refractivity contribution in [2.45, 2.75) is 0 Å². The molecular weight excluding hydrogens is 362 g/mol. The summed E-state index contributed by atoms with van der Waals surface area (Å²) in [5, 5.41) is 0.997. The molecule has 1 aromatic heterocycles. The van der Waals surface area contributed by atoms with Gasteiger partial charge in [-0.15, -0.1) is 11.3 Å². The average Bonchev–Trinajstić information content (AvgIpc) is 2.95. The molecule has 0 aliphatic carbocycles. The van der Waals surface area contributed by atoms with Crippen LogP contribution in [0.15, 0.2) is 46.9 Å². The quantitative estimate of drug-likeness (QED) is 0.573. The van der Waals surface area contributed by atoms with E-state index in [4.69, 9.17) is 9.47 Å². The van der Waals surface area contributed by atoms with E-state index in [1.807, 2.05) is 48.6 Å². The van der Waals surface area contributed by atoms with Gasteiger partial charge in [-0.1, -0.05) is 24.3 Å². The van der Waals surface area contributed by atoms with E-state index in [0.717, 1.165) is 26.3 Å². The highest BCUT2D eigenvalue weighted by Crippen LogP contribution is 2.27.